The summed E-state index contributed by atoms with van der Waals surface area (Å²) in [4.78, 5) is 3.78. The van der Waals surface area contributed by atoms with Crippen molar-refractivity contribution in [3.63, 3.8) is 0 Å². The summed E-state index contributed by atoms with van der Waals surface area (Å²) in [6, 6.07) is 7.69. The molecule has 0 aromatic carbocycles. The molecule has 0 atom stereocenters. The molecule has 0 radical (unpaired) electrons. The topological polar surface area (TPSA) is 30.7 Å². The van der Waals surface area contributed by atoms with Crippen LogP contribution in [0.3, 0.4) is 0 Å². The summed E-state index contributed by atoms with van der Waals surface area (Å²) in [5.41, 5.74) is 1.19. The Morgan fingerprint density at radius 3 is 1.92 bits per heavy atom. The summed E-state index contributed by atoms with van der Waals surface area (Å²) < 4.78 is 1.83. The van der Waals surface area contributed by atoms with Crippen molar-refractivity contribution < 1.29 is 0 Å². The van der Waals surface area contributed by atoms with E-state index in [1.54, 1.807) is 18.6 Å². The van der Waals surface area contributed by atoms with Gasteiger partial charge in [0.25, 0.3) is 0 Å². The molecule has 3 heteroatoms. The third-order valence-corrected chi connectivity index (χ3v) is 1.63. The Morgan fingerprint density at radius 1 is 1.08 bits per heavy atom. The van der Waals surface area contributed by atoms with Gasteiger partial charge in [0.05, 0.1) is 0 Å². The van der Waals surface area contributed by atoms with Crippen molar-refractivity contribution in [1.29, 1.82) is 0 Å². The number of hydrogen-bond acceptors (Lipinski definition) is 2. The summed E-state index contributed by atoms with van der Waals surface area (Å²) in [7, 11) is 1.93. The zero-order valence-corrected chi connectivity index (χ0v) is 7.88. The molecule has 2 aromatic heterocycles. The number of hydrogen-bond donors (Lipinski definition) is 0. The molecule has 68 valence electrons. The summed E-state index contributed by atoms with van der Waals surface area (Å²) in [6.45, 7) is 2.02. The number of aromatic nitrogens is 3. The van der Waals surface area contributed by atoms with Crippen LogP contribution in [0.2, 0.25) is 0 Å². The van der Waals surface area contributed by atoms with Gasteiger partial charge in [-0.2, -0.15) is 5.10 Å². The first-order chi connectivity index (χ1) is 6.30. The van der Waals surface area contributed by atoms with Crippen molar-refractivity contribution in [3.05, 3.63) is 48.5 Å². The van der Waals surface area contributed by atoms with Gasteiger partial charge >= 0.3 is 0 Å². The molecule has 0 unspecified atom stereocenters. The molecule has 0 aliphatic rings. The van der Waals surface area contributed by atoms with Gasteiger partial charge < -0.3 is 0 Å². The SMILES string of the molecule is Cc1ccnn1C.c1ccncc1. The average molecular weight is 175 g/mol. The zero-order chi connectivity index (χ0) is 9.52. The number of pyridine rings is 1. The lowest BCUT2D eigenvalue weighted by molar-refractivity contribution is 0.740. The predicted octanol–water partition coefficient (Wildman–Crippen LogP) is 1.81. The van der Waals surface area contributed by atoms with E-state index in [1.807, 2.05) is 42.9 Å². The number of rotatable bonds is 0. The Kier molecular flexibility index (Phi) is 3.70. The molecule has 2 aromatic rings. The van der Waals surface area contributed by atoms with Crippen LogP contribution < -0.4 is 0 Å². The lowest BCUT2D eigenvalue weighted by Crippen LogP contribution is -1.90. The first kappa shape index (κ1) is 9.45. The summed E-state index contributed by atoms with van der Waals surface area (Å²) in [5.74, 6) is 0. The normalized spacial score (nSPS) is 8.77. The van der Waals surface area contributed by atoms with E-state index in [1.165, 1.54) is 5.69 Å². The number of aryl methyl sites for hydroxylation is 2. The summed E-state index contributed by atoms with van der Waals surface area (Å²) in [5, 5.41) is 3.93. The highest BCUT2D eigenvalue weighted by Crippen LogP contribution is 1.88. The molecule has 0 saturated carbocycles. The fourth-order valence-corrected chi connectivity index (χ4v) is 0.753. The van der Waals surface area contributed by atoms with Gasteiger partial charge in [-0.25, -0.2) is 0 Å². The van der Waals surface area contributed by atoms with E-state index in [0.717, 1.165) is 0 Å². The maximum Gasteiger partial charge on any atom is 0.0492 e. The van der Waals surface area contributed by atoms with E-state index in [-0.39, 0.29) is 0 Å². The van der Waals surface area contributed by atoms with Crippen molar-refractivity contribution in [2.45, 2.75) is 6.92 Å². The fraction of sp³-hybridized carbons (Fsp3) is 0.200. The largest absolute Gasteiger partial charge is 0.273 e. The van der Waals surface area contributed by atoms with E-state index >= 15 is 0 Å². The second-order valence-corrected chi connectivity index (χ2v) is 2.62. The minimum Gasteiger partial charge on any atom is -0.273 e. The molecule has 13 heavy (non-hydrogen) atoms. The summed E-state index contributed by atoms with van der Waals surface area (Å²) in [6.07, 6.45) is 5.29. The van der Waals surface area contributed by atoms with Crippen molar-refractivity contribution in [2.75, 3.05) is 0 Å². The Bertz CT molecular complexity index is 284. The monoisotopic (exact) mass is 175 g/mol. The third kappa shape index (κ3) is 3.51. The molecule has 0 aliphatic carbocycles. The molecule has 0 spiro atoms. The second-order valence-electron chi connectivity index (χ2n) is 2.62. The standard InChI is InChI=1S/C5H8N2.C5H5N/c1-5-3-4-6-7(5)2;1-2-4-6-5-3-1/h3-4H,1-2H3;1-5H. The van der Waals surface area contributed by atoms with E-state index in [2.05, 4.69) is 10.1 Å². The van der Waals surface area contributed by atoms with Crippen LogP contribution >= 0.6 is 0 Å². The second kappa shape index (κ2) is 5.09. The summed E-state index contributed by atoms with van der Waals surface area (Å²) >= 11 is 0. The van der Waals surface area contributed by atoms with E-state index < -0.39 is 0 Å². The molecular formula is C10H13N3. The molecule has 2 heterocycles. The maximum atomic E-state index is 3.93. The van der Waals surface area contributed by atoms with Crippen LogP contribution in [0.1, 0.15) is 5.69 Å². The van der Waals surface area contributed by atoms with Gasteiger partial charge in [-0.05, 0) is 25.1 Å². The van der Waals surface area contributed by atoms with Crippen LogP contribution in [-0.2, 0) is 7.05 Å². The highest BCUT2D eigenvalue weighted by molar-refractivity contribution is 4.94. The van der Waals surface area contributed by atoms with Crippen molar-refractivity contribution in [3.8, 4) is 0 Å². The van der Waals surface area contributed by atoms with Crippen LogP contribution in [0.25, 0.3) is 0 Å². The molecular weight excluding hydrogens is 162 g/mol. The molecule has 3 nitrogen and oxygen atoms in total. The molecule has 0 N–H and O–H groups in total. The lowest BCUT2D eigenvalue weighted by Gasteiger charge is -1.87. The molecule has 0 fully saturated rings. The third-order valence-electron chi connectivity index (χ3n) is 1.63. The first-order valence-electron chi connectivity index (χ1n) is 4.10. The molecule has 0 aliphatic heterocycles. The van der Waals surface area contributed by atoms with Gasteiger partial charge in [-0.3, -0.25) is 9.67 Å². The van der Waals surface area contributed by atoms with Crippen LogP contribution in [0.15, 0.2) is 42.9 Å². The Balaban J connectivity index is 0.000000132. The van der Waals surface area contributed by atoms with Gasteiger partial charge in [0, 0.05) is 31.3 Å². The maximum absolute atomic E-state index is 3.93. The Labute approximate surface area is 78.1 Å². The van der Waals surface area contributed by atoms with E-state index in [9.17, 15) is 0 Å². The van der Waals surface area contributed by atoms with E-state index in [0.29, 0.717) is 0 Å². The average Bonchev–Trinajstić information content (AvgIpc) is 2.55. The van der Waals surface area contributed by atoms with Crippen LogP contribution in [0.4, 0.5) is 0 Å². The van der Waals surface area contributed by atoms with Gasteiger partial charge in [0.2, 0.25) is 0 Å². The fourth-order valence-electron chi connectivity index (χ4n) is 0.753. The molecule has 0 amide bonds. The van der Waals surface area contributed by atoms with Gasteiger partial charge in [-0.15, -0.1) is 0 Å². The van der Waals surface area contributed by atoms with Gasteiger partial charge in [0.1, 0.15) is 0 Å². The zero-order valence-electron chi connectivity index (χ0n) is 7.88. The van der Waals surface area contributed by atoms with Crippen molar-refractivity contribution >= 4 is 0 Å². The minimum absolute atomic E-state index is 1.19. The van der Waals surface area contributed by atoms with Gasteiger partial charge in [0.15, 0.2) is 0 Å². The van der Waals surface area contributed by atoms with Crippen LogP contribution in [-0.4, -0.2) is 14.8 Å². The number of nitrogens with zero attached hydrogens (tertiary/aromatic N) is 3. The van der Waals surface area contributed by atoms with Crippen molar-refractivity contribution in [2.24, 2.45) is 7.05 Å². The van der Waals surface area contributed by atoms with Crippen LogP contribution in [0, 0.1) is 6.92 Å². The predicted molar refractivity (Wildman–Crippen MR) is 52.2 cm³/mol. The lowest BCUT2D eigenvalue weighted by atomic mass is 10.5. The molecule has 0 bridgehead atoms. The quantitative estimate of drug-likeness (QED) is 0.611. The van der Waals surface area contributed by atoms with E-state index in [4.69, 9.17) is 0 Å². The molecule has 0 saturated heterocycles. The first-order valence-corrected chi connectivity index (χ1v) is 4.10. The van der Waals surface area contributed by atoms with Gasteiger partial charge in [-0.1, -0.05) is 6.07 Å². The Morgan fingerprint density at radius 2 is 1.77 bits per heavy atom. The minimum atomic E-state index is 1.19. The highest BCUT2D eigenvalue weighted by Gasteiger charge is 1.83. The van der Waals surface area contributed by atoms with Crippen LogP contribution in [0.5, 0.6) is 0 Å². The Hall–Kier alpha value is -1.64. The smallest absolute Gasteiger partial charge is 0.0492 e. The highest BCUT2D eigenvalue weighted by atomic mass is 15.2. The molecule has 2 rings (SSSR count). The van der Waals surface area contributed by atoms with Crippen molar-refractivity contribution in [1.82, 2.24) is 14.8 Å².